The van der Waals surface area contributed by atoms with Crippen LogP contribution in [0, 0.1) is 6.92 Å². The second-order valence-electron chi connectivity index (χ2n) is 9.36. The Morgan fingerprint density at radius 3 is 2.04 bits per heavy atom. The number of hydrogen-bond acceptors (Lipinski definition) is 5. The van der Waals surface area contributed by atoms with Gasteiger partial charge in [-0.3, -0.25) is 4.90 Å². The van der Waals surface area contributed by atoms with Crippen molar-refractivity contribution in [3.05, 3.63) is 29.3 Å². The number of nitrogens with zero attached hydrogens (tertiary/aromatic N) is 1. The Kier molecular flexibility index (Phi) is 5.08. The van der Waals surface area contributed by atoms with Crippen LogP contribution in [0.1, 0.15) is 52.7 Å². The van der Waals surface area contributed by atoms with E-state index >= 15 is 0 Å². The molecule has 7 heteroatoms. The van der Waals surface area contributed by atoms with Crippen LogP contribution in [0.15, 0.2) is 18.2 Å². The molecule has 1 aromatic carbocycles. The van der Waals surface area contributed by atoms with Crippen LogP contribution >= 0.6 is 0 Å². The van der Waals surface area contributed by atoms with Crippen LogP contribution in [0.4, 0.5) is 0 Å². The molecular formula is C20H32BNO4S. The van der Waals surface area contributed by atoms with Gasteiger partial charge in [0.05, 0.1) is 22.7 Å². The Hall–Kier alpha value is -0.885. The van der Waals surface area contributed by atoms with Crippen molar-refractivity contribution in [3.63, 3.8) is 0 Å². The average molecular weight is 393 g/mol. The van der Waals surface area contributed by atoms with Crippen LogP contribution < -0.4 is 5.46 Å². The predicted molar refractivity (Wildman–Crippen MR) is 110 cm³/mol. The topological polar surface area (TPSA) is 55.8 Å². The fourth-order valence-corrected chi connectivity index (χ4v) is 5.14. The maximum Gasteiger partial charge on any atom is 0.494 e. The molecule has 0 aliphatic carbocycles. The summed E-state index contributed by atoms with van der Waals surface area (Å²) >= 11 is 0. The van der Waals surface area contributed by atoms with Gasteiger partial charge in [0.15, 0.2) is 9.84 Å². The molecule has 2 fully saturated rings. The zero-order valence-corrected chi connectivity index (χ0v) is 18.4. The summed E-state index contributed by atoms with van der Waals surface area (Å²) < 4.78 is 35.9. The van der Waals surface area contributed by atoms with E-state index in [9.17, 15) is 8.42 Å². The standard InChI is InChI=1S/C20H32BNO4S/c1-15-14-16(21-25-19(4,5)20(6,7)26-21)8-9-17(15)18(2,3)22-10-12-27(23,24)13-11-22/h8-9,14H,10-13H2,1-7H3. The third-order valence-corrected chi connectivity index (χ3v) is 8.18. The summed E-state index contributed by atoms with van der Waals surface area (Å²) in [5, 5.41) is 0. The summed E-state index contributed by atoms with van der Waals surface area (Å²) in [5.74, 6) is 0.475. The summed E-state index contributed by atoms with van der Waals surface area (Å²) in [7, 11) is -3.25. The maximum atomic E-state index is 11.8. The van der Waals surface area contributed by atoms with Crippen LogP contribution in [0.3, 0.4) is 0 Å². The van der Waals surface area contributed by atoms with Gasteiger partial charge < -0.3 is 9.31 Å². The van der Waals surface area contributed by atoms with Crippen molar-refractivity contribution >= 4 is 22.4 Å². The molecule has 0 atom stereocenters. The van der Waals surface area contributed by atoms with Gasteiger partial charge >= 0.3 is 7.12 Å². The van der Waals surface area contributed by atoms with Gasteiger partial charge in [0.1, 0.15) is 0 Å². The van der Waals surface area contributed by atoms with Crippen LogP contribution in [0.25, 0.3) is 0 Å². The molecule has 2 aliphatic heterocycles. The smallest absolute Gasteiger partial charge is 0.399 e. The van der Waals surface area contributed by atoms with Gasteiger partial charge in [0.25, 0.3) is 0 Å². The van der Waals surface area contributed by atoms with Gasteiger partial charge in [-0.05, 0) is 65.1 Å². The van der Waals surface area contributed by atoms with Crippen molar-refractivity contribution in [2.24, 2.45) is 0 Å². The lowest BCUT2D eigenvalue weighted by Gasteiger charge is -2.42. The first-order chi connectivity index (χ1) is 12.3. The number of aryl methyl sites for hydroxylation is 1. The lowest BCUT2D eigenvalue weighted by Crippen LogP contribution is -2.50. The van der Waals surface area contributed by atoms with Crippen molar-refractivity contribution < 1.29 is 17.7 Å². The molecule has 5 nitrogen and oxygen atoms in total. The van der Waals surface area contributed by atoms with E-state index in [2.05, 4.69) is 71.6 Å². The van der Waals surface area contributed by atoms with E-state index in [0.29, 0.717) is 13.1 Å². The number of hydrogen-bond donors (Lipinski definition) is 0. The first-order valence-electron chi connectivity index (χ1n) is 9.67. The van der Waals surface area contributed by atoms with Crippen LogP contribution in [-0.4, -0.2) is 56.2 Å². The van der Waals surface area contributed by atoms with Crippen LogP contribution in [0.5, 0.6) is 0 Å². The summed E-state index contributed by atoms with van der Waals surface area (Å²) in [6.07, 6.45) is 0. The highest BCUT2D eigenvalue weighted by atomic mass is 32.2. The largest absolute Gasteiger partial charge is 0.494 e. The van der Waals surface area contributed by atoms with Crippen molar-refractivity contribution in [1.29, 1.82) is 0 Å². The molecule has 3 rings (SSSR count). The molecule has 0 spiro atoms. The summed E-state index contributed by atoms with van der Waals surface area (Å²) in [6, 6.07) is 6.35. The van der Waals surface area contributed by atoms with Crippen molar-refractivity contribution in [2.45, 2.75) is 65.2 Å². The Morgan fingerprint density at radius 2 is 1.56 bits per heavy atom. The number of benzene rings is 1. The average Bonchev–Trinajstić information content (AvgIpc) is 2.74. The van der Waals surface area contributed by atoms with Gasteiger partial charge in [0, 0.05) is 18.6 Å². The molecule has 0 saturated carbocycles. The Labute approximate surface area is 164 Å². The van der Waals surface area contributed by atoms with Gasteiger partial charge in [-0.1, -0.05) is 18.2 Å². The molecule has 0 aromatic heterocycles. The van der Waals surface area contributed by atoms with Crippen molar-refractivity contribution in [2.75, 3.05) is 24.6 Å². The van der Waals surface area contributed by atoms with Crippen molar-refractivity contribution in [3.8, 4) is 0 Å². The summed E-state index contributed by atoms with van der Waals surface area (Å²) in [6.45, 7) is 15.8. The van der Waals surface area contributed by atoms with Gasteiger partial charge in [-0.2, -0.15) is 0 Å². The van der Waals surface area contributed by atoms with Crippen LogP contribution in [0.2, 0.25) is 0 Å². The predicted octanol–water partition coefficient (Wildman–Crippen LogP) is 2.26. The molecule has 0 amide bonds. The molecule has 1 aromatic rings. The zero-order valence-electron chi connectivity index (χ0n) is 17.6. The minimum atomic E-state index is -2.88. The SMILES string of the molecule is Cc1cc(B2OC(C)(C)C(C)(C)O2)ccc1C(C)(C)N1CCS(=O)(=O)CC1. The molecule has 2 aliphatic rings. The van der Waals surface area contributed by atoms with E-state index in [4.69, 9.17) is 9.31 Å². The fourth-order valence-electron chi connectivity index (χ4n) is 3.94. The molecule has 0 unspecified atom stereocenters. The molecule has 0 radical (unpaired) electrons. The quantitative estimate of drug-likeness (QED) is 0.738. The zero-order chi connectivity index (χ0) is 20.3. The monoisotopic (exact) mass is 393 g/mol. The summed E-state index contributed by atoms with van der Waals surface area (Å²) in [4.78, 5) is 2.27. The second-order valence-corrected chi connectivity index (χ2v) is 11.7. The lowest BCUT2D eigenvalue weighted by molar-refractivity contribution is 0.00578. The first-order valence-corrected chi connectivity index (χ1v) is 11.5. The normalized spacial score (nSPS) is 24.9. The number of sulfone groups is 1. The highest BCUT2D eigenvalue weighted by Crippen LogP contribution is 2.37. The van der Waals surface area contributed by atoms with Gasteiger partial charge in [-0.25, -0.2) is 8.42 Å². The third kappa shape index (κ3) is 3.84. The van der Waals surface area contributed by atoms with Gasteiger partial charge in [0.2, 0.25) is 0 Å². The molecule has 150 valence electrons. The highest BCUT2D eigenvalue weighted by molar-refractivity contribution is 7.91. The van der Waals surface area contributed by atoms with E-state index in [0.717, 1.165) is 5.46 Å². The lowest BCUT2D eigenvalue weighted by atomic mass is 9.76. The van der Waals surface area contributed by atoms with Gasteiger partial charge in [-0.15, -0.1) is 0 Å². The Morgan fingerprint density at radius 1 is 1.04 bits per heavy atom. The Balaban J connectivity index is 1.83. The van der Waals surface area contributed by atoms with E-state index in [1.54, 1.807) is 0 Å². The van der Waals surface area contributed by atoms with E-state index < -0.39 is 9.84 Å². The third-order valence-electron chi connectivity index (χ3n) is 6.57. The highest BCUT2D eigenvalue weighted by Gasteiger charge is 2.51. The molecule has 0 N–H and O–H groups in total. The molecule has 27 heavy (non-hydrogen) atoms. The molecule has 2 saturated heterocycles. The number of rotatable bonds is 3. The Bertz CT molecular complexity index is 802. The van der Waals surface area contributed by atoms with E-state index in [-0.39, 0.29) is 35.4 Å². The van der Waals surface area contributed by atoms with Crippen molar-refractivity contribution in [1.82, 2.24) is 4.90 Å². The first kappa shape index (κ1) is 20.8. The molecular weight excluding hydrogens is 361 g/mol. The maximum absolute atomic E-state index is 11.8. The van der Waals surface area contributed by atoms with E-state index in [1.165, 1.54) is 11.1 Å². The second kappa shape index (κ2) is 6.58. The minimum absolute atomic E-state index is 0.228. The van der Waals surface area contributed by atoms with E-state index in [1.807, 2.05) is 0 Å². The molecule has 0 bridgehead atoms. The minimum Gasteiger partial charge on any atom is -0.399 e. The molecule has 2 heterocycles. The van der Waals surface area contributed by atoms with Crippen LogP contribution in [-0.2, 0) is 24.7 Å². The summed E-state index contributed by atoms with van der Waals surface area (Å²) in [5.41, 5.74) is 2.45. The fraction of sp³-hybridized carbons (Fsp3) is 0.700.